The van der Waals surface area contributed by atoms with Crippen molar-refractivity contribution in [3.05, 3.63) is 57.4 Å². The molecule has 0 radical (unpaired) electrons. The zero-order valence-electron chi connectivity index (χ0n) is 16.1. The summed E-state index contributed by atoms with van der Waals surface area (Å²) in [5.41, 5.74) is -0.128. The summed E-state index contributed by atoms with van der Waals surface area (Å²) in [6.07, 6.45) is 1.43. The normalized spacial score (nSPS) is 10.6. The summed E-state index contributed by atoms with van der Waals surface area (Å²) in [6, 6.07) is 7.94. The SMILES string of the molecule is COc1ccnc2c1c(=O)n(CC(=O)Nc1ccc(NC(C)=O)cc1)c(=O)n2C. The molecule has 0 aliphatic rings. The maximum atomic E-state index is 12.8. The number of ether oxygens (including phenoxy) is 1. The van der Waals surface area contributed by atoms with Crippen LogP contribution in [0.15, 0.2) is 46.1 Å². The van der Waals surface area contributed by atoms with Crippen LogP contribution in [0.3, 0.4) is 0 Å². The molecule has 0 saturated heterocycles. The Morgan fingerprint density at radius 2 is 1.69 bits per heavy atom. The molecule has 0 bridgehead atoms. The van der Waals surface area contributed by atoms with Crippen molar-refractivity contribution in [3.63, 3.8) is 0 Å². The Morgan fingerprint density at radius 1 is 1.07 bits per heavy atom. The zero-order chi connectivity index (χ0) is 21.1. The highest BCUT2D eigenvalue weighted by Crippen LogP contribution is 2.18. The molecular weight excluding hydrogens is 378 g/mol. The van der Waals surface area contributed by atoms with Gasteiger partial charge < -0.3 is 15.4 Å². The van der Waals surface area contributed by atoms with Crippen LogP contribution in [-0.4, -0.2) is 33.0 Å². The third-order valence-electron chi connectivity index (χ3n) is 4.20. The molecule has 0 aliphatic heterocycles. The summed E-state index contributed by atoms with van der Waals surface area (Å²) in [6.45, 7) is 0.912. The van der Waals surface area contributed by atoms with E-state index in [4.69, 9.17) is 4.74 Å². The summed E-state index contributed by atoms with van der Waals surface area (Å²) in [5, 5.41) is 5.35. The minimum atomic E-state index is -0.667. The van der Waals surface area contributed by atoms with Gasteiger partial charge in [0.15, 0.2) is 5.65 Å². The maximum absolute atomic E-state index is 12.8. The molecule has 2 heterocycles. The molecule has 0 aliphatic carbocycles. The molecule has 150 valence electrons. The van der Waals surface area contributed by atoms with Gasteiger partial charge in [-0.1, -0.05) is 0 Å². The second-order valence-corrected chi connectivity index (χ2v) is 6.25. The maximum Gasteiger partial charge on any atom is 0.332 e. The number of pyridine rings is 1. The fourth-order valence-corrected chi connectivity index (χ4v) is 2.88. The van der Waals surface area contributed by atoms with E-state index in [9.17, 15) is 19.2 Å². The number of hydrogen-bond donors (Lipinski definition) is 2. The zero-order valence-corrected chi connectivity index (χ0v) is 16.1. The number of nitrogens with zero attached hydrogens (tertiary/aromatic N) is 3. The van der Waals surface area contributed by atoms with E-state index in [1.165, 1.54) is 37.9 Å². The number of carbonyl (C=O) groups excluding carboxylic acids is 2. The predicted octanol–water partition coefficient (Wildman–Crippen LogP) is 0.701. The second kappa shape index (κ2) is 7.97. The number of carbonyl (C=O) groups is 2. The average molecular weight is 397 g/mol. The summed E-state index contributed by atoms with van der Waals surface area (Å²) in [5.74, 6) is -0.504. The van der Waals surface area contributed by atoms with E-state index in [0.29, 0.717) is 11.4 Å². The summed E-state index contributed by atoms with van der Waals surface area (Å²) >= 11 is 0. The minimum Gasteiger partial charge on any atom is -0.496 e. The molecule has 0 saturated carbocycles. The van der Waals surface area contributed by atoms with Crippen molar-refractivity contribution in [2.75, 3.05) is 17.7 Å². The molecule has 10 heteroatoms. The minimum absolute atomic E-state index is 0.115. The quantitative estimate of drug-likeness (QED) is 0.653. The first-order chi connectivity index (χ1) is 13.8. The van der Waals surface area contributed by atoms with Crippen LogP contribution < -0.4 is 26.6 Å². The number of rotatable bonds is 5. The second-order valence-electron chi connectivity index (χ2n) is 6.25. The van der Waals surface area contributed by atoms with Gasteiger partial charge >= 0.3 is 5.69 Å². The standard InChI is InChI=1S/C19H19N5O5/c1-11(25)21-12-4-6-13(7-5-12)22-15(26)10-24-18(27)16-14(29-3)8-9-20-17(16)23(2)19(24)28/h4-9H,10H2,1-3H3,(H,21,25)(H,22,26). The van der Waals surface area contributed by atoms with Gasteiger partial charge in [0.2, 0.25) is 11.8 Å². The van der Waals surface area contributed by atoms with Gasteiger partial charge in [0.25, 0.3) is 5.56 Å². The van der Waals surface area contributed by atoms with Gasteiger partial charge in [0, 0.05) is 31.5 Å². The molecule has 0 unspecified atom stereocenters. The molecule has 2 N–H and O–H groups in total. The topological polar surface area (TPSA) is 124 Å². The highest BCUT2D eigenvalue weighted by Gasteiger charge is 2.17. The lowest BCUT2D eigenvalue weighted by Crippen LogP contribution is -2.42. The molecule has 29 heavy (non-hydrogen) atoms. The molecule has 2 amide bonds. The number of nitrogens with one attached hydrogen (secondary N) is 2. The third kappa shape index (κ3) is 4.00. The lowest BCUT2D eigenvalue weighted by Gasteiger charge is -2.12. The molecule has 2 aromatic heterocycles. The molecule has 0 fully saturated rings. The van der Waals surface area contributed by atoms with Crippen LogP contribution in [0.1, 0.15) is 6.92 Å². The van der Waals surface area contributed by atoms with E-state index in [2.05, 4.69) is 15.6 Å². The fourth-order valence-electron chi connectivity index (χ4n) is 2.88. The van der Waals surface area contributed by atoms with Crippen molar-refractivity contribution < 1.29 is 14.3 Å². The highest BCUT2D eigenvalue weighted by atomic mass is 16.5. The number of anilines is 2. The lowest BCUT2D eigenvalue weighted by atomic mass is 10.2. The lowest BCUT2D eigenvalue weighted by molar-refractivity contribution is -0.117. The number of aromatic nitrogens is 3. The van der Waals surface area contributed by atoms with Crippen molar-refractivity contribution in [1.29, 1.82) is 0 Å². The number of benzene rings is 1. The van der Waals surface area contributed by atoms with Crippen molar-refractivity contribution in [3.8, 4) is 5.75 Å². The molecule has 3 aromatic rings. The number of fused-ring (bicyclic) bond motifs is 1. The van der Waals surface area contributed by atoms with Crippen LogP contribution in [0.25, 0.3) is 11.0 Å². The first kappa shape index (κ1) is 19.8. The molecular formula is C19H19N5O5. The first-order valence-electron chi connectivity index (χ1n) is 8.62. The van der Waals surface area contributed by atoms with E-state index >= 15 is 0 Å². The van der Waals surface area contributed by atoms with E-state index in [-0.39, 0.29) is 22.7 Å². The Bertz CT molecular complexity index is 1210. The van der Waals surface area contributed by atoms with Gasteiger partial charge in [-0.15, -0.1) is 0 Å². The Labute approximate surface area is 164 Å². The van der Waals surface area contributed by atoms with Gasteiger partial charge in [-0.25, -0.2) is 14.3 Å². The van der Waals surface area contributed by atoms with Crippen LogP contribution in [0.2, 0.25) is 0 Å². The number of amides is 2. The highest BCUT2D eigenvalue weighted by molar-refractivity contribution is 5.92. The summed E-state index contributed by atoms with van der Waals surface area (Å²) in [4.78, 5) is 52.9. The fraction of sp³-hybridized carbons (Fsp3) is 0.211. The van der Waals surface area contributed by atoms with Crippen molar-refractivity contribution in [2.24, 2.45) is 7.05 Å². The Kier molecular flexibility index (Phi) is 5.44. The van der Waals surface area contributed by atoms with Gasteiger partial charge in [-0.05, 0) is 30.3 Å². The average Bonchev–Trinajstić information content (AvgIpc) is 2.70. The predicted molar refractivity (Wildman–Crippen MR) is 107 cm³/mol. The smallest absolute Gasteiger partial charge is 0.332 e. The number of hydrogen-bond acceptors (Lipinski definition) is 6. The van der Waals surface area contributed by atoms with Crippen LogP contribution in [0.4, 0.5) is 11.4 Å². The third-order valence-corrected chi connectivity index (χ3v) is 4.20. The Hall–Kier alpha value is -3.95. The van der Waals surface area contributed by atoms with Crippen LogP contribution in [0, 0.1) is 0 Å². The monoisotopic (exact) mass is 397 g/mol. The Morgan fingerprint density at radius 3 is 2.28 bits per heavy atom. The van der Waals surface area contributed by atoms with Crippen molar-refractivity contribution in [1.82, 2.24) is 14.1 Å². The van der Waals surface area contributed by atoms with Crippen LogP contribution in [0.5, 0.6) is 5.75 Å². The van der Waals surface area contributed by atoms with Crippen molar-refractivity contribution >= 4 is 34.2 Å². The van der Waals surface area contributed by atoms with E-state index in [1.54, 1.807) is 24.3 Å². The Balaban J connectivity index is 1.90. The van der Waals surface area contributed by atoms with E-state index in [1.807, 2.05) is 0 Å². The van der Waals surface area contributed by atoms with Gasteiger partial charge in [0.05, 0.1) is 7.11 Å². The molecule has 1 aromatic carbocycles. The van der Waals surface area contributed by atoms with E-state index < -0.39 is 23.7 Å². The largest absolute Gasteiger partial charge is 0.496 e. The molecule has 10 nitrogen and oxygen atoms in total. The summed E-state index contributed by atoms with van der Waals surface area (Å²) < 4.78 is 7.21. The number of methoxy groups -OCH3 is 1. The molecule has 0 atom stereocenters. The van der Waals surface area contributed by atoms with E-state index in [0.717, 1.165) is 4.57 Å². The molecule has 0 spiro atoms. The van der Waals surface area contributed by atoms with Crippen LogP contribution >= 0.6 is 0 Å². The number of aryl methyl sites for hydroxylation is 1. The first-order valence-corrected chi connectivity index (χ1v) is 8.62. The van der Waals surface area contributed by atoms with Gasteiger partial charge in [-0.2, -0.15) is 0 Å². The molecule has 3 rings (SSSR count). The van der Waals surface area contributed by atoms with Gasteiger partial charge in [0.1, 0.15) is 17.7 Å². The summed E-state index contributed by atoms with van der Waals surface area (Å²) in [7, 11) is 2.87. The van der Waals surface area contributed by atoms with Crippen molar-refractivity contribution in [2.45, 2.75) is 13.5 Å². The van der Waals surface area contributed by atoms with Gasteiger partial charge in [-0.3, -0.25) is 19.0 Å². The van der Waals surface area contributed by atoms with Crippen LogP contribution in [-0.2, 0) is 23.2 Å².